The average molecular weight is 235 g/mol. The molecule has 0 aliphatic carbocycles. The molecular formula is C11H10FN3O2. The number of halogens is 1. The molecule has 6 heteroatoms. The van der Waals surface area contributed by atoms with Crippen LogP contribution in [0, 0.1) is 12.9 Å². The lowest BCUT2D eigenvalue weighted by atomic mass is 10.3. The average Bonchev–Trinajstić information content (AvgIpc) is 2.63. The Morgan fingerprint density at radius 3 is 2.82 bits per heavy atom. The topological polar surface area (TPSA) is 68.0 Å². The Labute approximate surface area is 96.5 Å². The van der Waals surface area contributed by atoms with Crippen LogP contribution in [-0.2, 0) is 6.54 Å². The fraction of sp³-hybridized carbons (Fsp3) is 0.182. The summed E-state index contributed by atoms with van der Waals surface area (Å²) in [5, 5.41) is 12.9. The van der Waals surface area contributed by atoms with Crippen LogP contribution in [0.3, 0.4) is 0 Å². The van der Waals surface area contributed by atoms with Crippen molar-refractivity contribution in [3.8, 4) is 0 Å². The number of nitrogens with zero attached hydrogens (tertiary/aromatic N) is 3. The number of rotatable bonds is 3. The smallest absolute Gasteiger partial charge is 0.339 e. The van der Waals surface area contributed by atoms with Gasteiger partial charge in [0, 0.05) is 12.4 Å². The van der Waals surface area contributed by atoms with Gasteiger partial charge in [-0.2, -0.15) is 9.49 Å². The Balaban J connectivity index is 2.22. The van der Waals surface area contributed by atoms with Crippen molar-refractivity contribution in [2.45, 2.75) is 13.5 Å². The summed E-state index contributed by atoms with van der Waals surface area (Å²) in [5.41, 5.74) is 1.37. The van der Waals surface area contributed by atoms with Crippen LogP contribution in [0.1, 0.15) is 21.6 Å². The third-order valence-electron chi connectivity index (χ3n) is 2.31. The summed E-state index contributed by atoms with van der Waals surface area (Å²) in [6, 6.07) is 2.84. The van der Waals surface area contributed by atoms with Gasteiger partial charge in [0.25, 0.3) is 0 Å². The number of aryl methyl sites for hydroxylation is 1. The van der Waals surface area contributed by atoms with Gasteiger partial charge in [-0.05, 0) is 18.6 Å². The minimum Gasteiger partial charge on any atom is -0.478 e. The quantitative estimate of drug-likeness (QED) is 0.818. The molecular weight excluding hydrogens is 225 g/mol. The predicted molar refractivity (Wildman–Crippen MR) is 57.2 cm³/mol. The summed E-state index contributed by atoms with van der Waals surface area (Å²) in [6.07, 6.45) is 2.84. The molecule has 88 valence electrons. The molecule has 0 saturated carbocycles. The van der Waals surface area contributed by atoms with Crippen LogP contribution in [0.4, 0.5) is 4.39 Å². The van der Waals surface area contributed by atoms with E-state index in [1.807, 2.05) is 0 Å². The summed E-state index contributed by atoms with van der Waals surface area (Å²) in [6.45, 7) is 1.99. The van der Waals surface area contributed by atoms with E-state index in [-0.39, 0.29) is 5.56 Å². The van der Waals surface area contributed by atoms with E-state index in [1.165, 1.54) is 23.1 Å². The summed E-state index contributed by atoms with van der Waals surface area (Å²) < 4.78 is 14.1. The molecule has 0 amide bonds. The molecule has 0 fully saturated rings. The lowest BCUT2D eigenvalue weighted by Gasteiger charge is -2.00. The maximum Gasteiger partial charge on any atom is 0.339 e. The number of hydrogen-bond acceptors (Lipinski definition) is 3. The second-order valence-electron chi connectivity index (χ2n) is 3.62. The molecule has 1 N–H and O–H groups in total. The van der Waals surface area contributed by atoms with Crippen molar-refractivity contribution in [1.29, 1.82) is 0 Å². The van der Waals surface area contributed by atoms with Crippen molar-refractivity contribution in [3.05, 3.63) is 47.3 Å². The van der Waals surface area contributed by atoms with E-state index in [0.717, 1.165) is 5.56 Å². The standard InChI is InChI=1S/C11H10FN3O2/c1-7-9(11(16)17)6-15(14-7)5-8-2-3-10(12)13-4-8/h2-4,6H,5H2,1H3,(H,16,17). The van der Waals surface area contributed by atoms with E-state index >= 15 is 0 Å². The van der Waals surface area contributed by atoms with Crippen molar-refractivity contribution in [2.24, 2.45) is 0 Å². The van der Waals surface area contributed by atoms with E-state index in [1.54, 1.807) is 13.0 Å². The Kier molecular flexibility index (Phi) is 2.86. The lowest BCUT2D eigenvalue weighted by molar-refractivity contribution is 0.0696. The Bertz CT molecular complexity index is 548. The SMILES string of the molecule is Cc1nn(Cc2ccc(F)nc2)cc1C(=O)O. The van der Waals surface area contributed by atoms with E-state index in [4.69, 9.17) is 5.11 Å². The molecule has 0 bridgehead atoms. The third kappa shape index (κ3) is 2.47. The number of carboxylic acids is 1. The van der Waals surface area contributed by atoms with Gasteiger partial charge in [-0.1, -0.05) is 6.07 Å². The van der Waals surface area contributed by atoms with Gasteiger partial charge >= 0.3 is 5.97 Å². The van der Waals surface area contributed by atoms with Gasteiger partial charge < -0.3 is 5.11 Å². The molecule has 0 aromatic carbocycles. The first-order chi connectivity index (χ1) is 8.06. The van der Waals surface area contributed by atoms with E-state index < -0.39 is 11.9 Å². The largest absolute Gasteiger partial charge is 0.478 e. The summed E-state index contributed by atoms with van der Waals surface area (Å²) >= 11 is 0. The normalized spacial score (nSPS) is 10.5. The molecule has 0 aliphatic rings. The molecule has 0 aliphatic heterocycles. The first kappa shape index (κ1) is 11.3. The van der Waals surface area contributed by atoms with E-state index in [0.29, 0.717) is 12.2 Å². The lowest BCUT2D eigenvalue weighted by Crippen LogP contribution is -2.01. The number of pyridine rings is 1. The van der Waals surface area contributed by atoms with E-state index in [9.17, 15) is 9.18 Å². The highest BCUT2D eigenvalue weighted by atomic mass is 19.1. The maximum absolute atomic E-state index is 12.6. The van der Waals surface area contributed by atoms with Gasteiger partial charge in [0.05, 0.1) is 12.2 Å². The van der Waals surface area contributed by atoms with Gasteiger partial charge in [0.15, 0.2) is 0 Å². The highest BCUT2D eigenvalue weighted by Crippen LogP contribution is 2.08. The monoisotopic (exact) mass is 235 g/mol. The summed E-state index contributed by atoms with van der Waals surface area (Å²) in [7, 11) is 0. The van der Waals surface area contributed by atoms with Crippen molar-refractivity contribution < 1.29 is 14.3 Å². The summed E-state index contributed by atoms with van der Waals surface area (Å²) in [5.74, 6) is -1.55. The van der Waals surface area contributed by atoms with Crippen molar-refractivity contribution in [3.63, 3.8) is 0 Å². The van der Waals surface area contributed by atoms with Gasteiger partial charge in [0.1, 0.15) is 5.56 Å². The van der Waals surface area contributed by atoms with Crippen molar-refractivity contribution in [1.82, 2.24) is 14.8 Å². The fourth-order valence-electron chi connectivity index (χ4n) is 1.50. The molecule has 0 unspecified atom stereocenters. The number of hydrogen-bond donors (Lipinski definition) is 1. The summed E-state index contributed by atoms with van der Waals surface area (Å²) in [4.78, 5) is 14.3. The van der Waals surface area contributed by atoms with Gasteiger partial charge in [-0.15, -0.1) is 0 Å². The fourth-order valence-corrected chi connectivity index (χ4v) is 1.50. The minimum absolute atomic E-state index is 0.167. The Hall–Kier alpha value is -2.24. The number of carbonyl (C=O) groups is 1. The molecule has 5 nitrogen and oxygen atoms in total. The second-order valence-corrected chi connectivity index (χ2v) is 3.62. The van der Waals surface area contributed by atoms with Crippen LogP contribution in [0.25, 0.3) is 0 Å². The van der Waals surface area contributed by atoms with Crippen LogP contribution in [0.15, 0.2) is 24.5 Å². The second kappa shape index (κ2) is 4.32. The molecule has 0 atom stereocenters. The van der Waals surface area contributed by atoms with Crippen LogP contribution >= 0.6 is 0 Å². The molecule has 0 spiro atoms. The molecule has 2 rings (SSSR count). The van der Waals surface area contributed by atoms with Crippen LogP contribution in [0.2, 0.25) is 0 Å². The van der Waals surface area contributed by atoms with Gasteiger partial charge in [-0.3, -0.25) is 4.68 Å². The predicted octanol–water partition coefficient (Wildman–Crippen LogP) is 1.47. The number of carboxylic acid groups (broad SMARTS) is 1. The molecule has 2 aromatic rings. The molecule has 0 radical (unpaired) electrons. The zero-order valence-corrected chi connectivity index (χ0v) is 9.09. The zero-order chi connectivity index (χ0) is 12.4. The Morgan fingerprint density at radius 2 is 2.29 bits per heavy atom. The number of aromatic carboxylic acids is 1. The van der Waals surface area contributed by atoms with Crippen LogP contribution in [0.5, 0.6) is 0 Å². The molecule has 17 heavy (non-hydrogen) atoms. The first-order valence-corrected chi connectivity index (χ1v) is 4.94. The highest BCUT2D eigenvalue weighted by molar-refractivity contribution is 5.88. The van der Waals surface area contributed by atoms with Gasteiger partial charge in [0.2, 0.25) is 5.95 Å². The zero-order valence-electron chi connectivity index (χ0n) is 9.09. The van der Waals surface area contributed by atoms with E-state index in [2.05, 4.69) is 10.1 Å². The minimum atomic E-state index is -1.01. The van der Waals surface area contributed by atoms with Gasteiger partial charge in [-0.25, -0.2) is 9.78 Å². The van der Waals surface area contributed by atoms with Crippen molar-refractivity contribution >= 4 is 5.97 Å². The molecule has 0 saturated heterocycles. The molecule has 2 heterocycles. The van der Waals surface area contributed by atoms with Crippen LogP contribution in [-0.4, -0.2) is 25.8 Å². The third-order valence-corrected chi connectivity index (χ3v) is 2.31. The highest BCUT2D eigenvalue weighted by Gasteiger charge is 2.11. The van der Waals surface area contributed by atoms with Crippen molar-refractivity contribution in [2.75, 3.05) is 0 Å². The number of aromatic nitrogens is 3. The maximum atomic E-state index is 12.6. The van der Waals surface area contributed by atoms with Crippen LogP contribution < -0.4 is 0 Å². The first-order valence-electron chi connectivity index (χ1n) is 4.94. The molecule has 2 aromatic heterocycles. The Morgan fingerprint density at radius 1 is 1.53 bits per heavy atom.